The van der Waals surface area contributed by atoms with Gasteiger partial charge in [-0.2, -0.15) is 0 Å². The number of halogens is 1. The second kappa shape index (κ2) is 6.90. The summed E-state index contributed by atoms with van der Waals surface area (Å²) in [6.45, 7) is 4.81. The average Bonchev–Trinajstić information content (AvgIpc) is 3.20. The molecule has 0 spiro atoms. The number of aliphatic hydroxyl groups is 1. The highest BCUT2D eigenvalue weighted by molar-refractivity contribution is 6.30. The molecule has 0 bridgehead atoms. The van der Waals surface area contributed by atoms with Gasteiger partial charge < -0.3 is 15.3 Å². The van der Waals surface area contributed by atoms with Gasteiger partial charge in [-0.05, 0) is 49.2 Å². The third-order valence-corrected chi connectivity index (χ3v) is 6.27. The van der Waals surface area contributed by atoms with Gasteiger partial charge in [0.15, 0.2) is 0 Å². The minimum Gasteiger partial charge on any atom is -0.396 e. The van der Waals surface area contributed by atoms with Crippen LogP contribution in [0.3, 0.4) is 0 Å². The molecule has 2 heterocycles. The van der Waals surface area contributed by atoms with Gasteiger partial charge in [-0.3, -0.25) is 9.59 Å². The summed E-state index contributed by atoms with van der Waals surface area (Å²) >= 11 is 5.98. The van der Waals surface area contributed by atoms with Crippen LogP contribution in [0, 0.1) is 5.92 Å². The Hall–Kier alpha value is -2.37. The molecule has 2 aliphatic rings. The SMILES string of the molecule is CC1(C)C(=O)Nc2cc(C(=O)N3C[C@@H](CO)[C@H](c4ccc(Cl)cc4)C3)ccc21. The van der Waals surface area contributed by atoms with Crippen LogP contribution in [-0.2, 0) is 10.2 Å². The largest absolute Gasteiger partial charge is 0.396 e. The maximum Gasteiger partial charge on any atom is 0.253 e. The lowest BCUT2D eigenvalue weighted by molar-refractivity contribution is -0.119. The number of anilines is 1. The molecule has 146 valence electrons. The van der Waals surface area contributed by atoms with E-state index in [0.29, 0.717) is 29.4 Å². The molecule has 2 amide bonds. The highest BCUT2D eigenvalue weighted by atomic mass is 35.5. The Kier molecular flexibility index (Phi) is 4.68. The highest BCUT2D eigenvalue weighted by Crippen LogP contribution is 2.39. The van der Waals surface area contributed by atoms with E-state index < -0.39 is 5.41 Å². The van der Waals surface area contributed by atoms with Crippen molar-refractivity contribution in [1.29, 1.82) is 0 Å². The van der Waals surface area contributed by atoms with Crippen LogP contribution in [0.4, 0.5) is 5.69 Å². The molecule has 0 saturated carbocycles. The standard InChI is InChI=1S/C22H23ClN2O3/c1-22(2)18-8-5-14(9-19(18)24-21(22)28)20(27)25-10-15(12-26)17(11-25)13-3-6-16(23)7-4-13/h3-9,15,17,26H,10-12H2,1-2H3,(H,24,28)/t15-,17-/m0/s1. The molecule has 1 saturated heterocycles. The van der Waals surface area contributed by atoms with Gasteiger partial charge >= 0.3 is 0 Å². The Morgan fingerprint density at radius 3 is 2.61 bits per heavy atom. The van der Waals surface area contributed by atoms with Crippen LogP contribution in [0.15, 0.2) is 42.5 Å². The zero-order valence-electron chi connectivity index (χ0n) is 15.9. The first kappa shape index (κ1) is 19.0. The third kappa shape index (κ3) is 3.09. The molecule has 2 aliphatic heterocycles. The second-order valence-electron chi connectivity index (χ2n) is 8.15. The Morgan fingerprint density at radius 1 is 1.21 bits per heavy atom. The van der Waals surface area contributed by atoms with Crippen molar-refractivity contribution >= 4 is 29.1 Å². The molecule has 6 heteroatoms. The van der Waals surface area contributed by atoms with E-state index in [1.54, 1.807) is 17.0 Å². The van der Waals surface area contributed by atoms with E-state index in [4.69, 9.17) is 11.6 Å². The molecule has 2 aromatic rings. The molecular weight excluding hydrogens is 376 g/mol. The molecule has 2 N–H and O–H groups in total. The number of benzene rings is 2. The predicted octanol–water partition coefficient (Wildman–Crippen LogP) is 3.42. The quantitative estimate of drug-likeness (QED) is 0.832. The normalized spacial score (nSPS) is 22.9. The number of amides is 2. The van der Waals surface area contributed by atoms with Crippen molar-refractivity contribution in [2.75, 3.05) is 25.0 Å². The van der Waals surface area contributed by atoms with Crippen LogP contribution in [0.25, 0.3) is 0 Å². The van der Waals surface area contributed by atoms with E-state index in [0.717, 1.165) is 11.1 Å². The number of aliphatic hydroxyl groups excluding tert-OH is 1. The summed E-state index contributed by atoms with van der Waals surface area (Å²) in [6, 6.07) is 13.0. The summed E-state index contributed by atoms with van der Waals surface area (Å²) in [5.74, 6) is -0.0921. The monoisotopic (exact) mass is 398 g/mol. The number of likely N-dealkylation sites (tertiary alicyclic amines) is 1. The Bertz CT molecular complexity index is 939. The summed E-state index contributed by atoms with van der Waals surface area (Å²) in [5.41, 5.74) is 2.63. The van der Waals surface area contributed by atoms with E-state index in [9.17, 15) is 14.7 Å². The summed E-state index contributed by atoms with van der Waals surface area (Å²) < 4.78 is 0. The summed E-state index contributed by atoms with van der Waals surface area (Å²) in [6.07, 6.45) is 0. The van der Waals surface area contributed by atoms with Crippen molar-refractivity contribution in [3.05, 3.63) is 64.2 Å². The fourth-order valence-corrected chi connectivity index (χ4v) is 4.34. The number of hydrogen-bond donors (Lipinski definition) is 2. The van der Waals surface area contributed by atoms with E-state index in [2.05, 4.69) is 5.32 Å². The van der Waals surface area contributed by atoms with Crippen molar-refractivity contribution in [2.45, 2.75) is 25.2 Å². The average molecular weight is 399 g/mol. The summed E-state index contributed by atoms with van der Waals surface area (Å²) in [5, 5.41) is 13.4. The molecule has 0 aromatic heterocycles. The third-order valence-electron chi connectivity index (χ3n) is 6.02. The molecule has 0 radical (unpaired) electrons. The van der Waals surface area contributed by atoms with Gasteiger partial charge in [-0.1, -0.05) is 29.8 Å². The number of hydrogen-bond acceptors (Lipinski definition) is 3. The zero-order valence-corrected chi connectivity index (χ0v) is 16.7. The van der Waals surface area contributed by atoms with Gasteiger partial charge in [0.05, 0.1) is 5.41 Å². The number of carbonyl (C=O) groups excluding carboxylic acids is 2. The smallest absolute Gasteiger partial charge is 0.253 e. The Morgan fingerprint density at radius 2 is 1.93 bits per heavy atom. The van der Waals surface area contributed by atoms with Crippen LogP contribution < -0.4 is 5.32 Å². The van der Waals surface area contributed by atoms with Crippen LogP contribution in [0.5, 0.6) is 0 Å². The van der Waals surface area contributed by atoms with Gasteiger partial charge in [0.25, 0.3) is 5.91 Å². The Labute approximate surface area is 169 Å². The number of carbonyl (C=O) groups is 2. The van der Waals surface area contributed by atoms with Gasteiger partial charge in [0, 0.05) is 47.8 Å². The lowest BCUT2D eigenvalue weighted by atomic mass is 9.86. The van der Waals surface area contributed by atoms with Crippen LogP contribution in [-0.4, -0.2) is 41.5 Å². The first-order valence-corrected chi connectivity index (χ1v) is 9.80. The molecule has 4 rings (SSSR count). The second-order valence-corrected chi connectivity index (χ2v) is 8.59. The van der Waals surface area contributed by atoms with Gasteiger partial charge in [0.1, 0.15) is 0 Å². The molecule has 0 unspecified atom stereocenters. The molecule has 5 nitrogen and oxygen atoms in total. The predicted molar refractivity (Wildman–Crippen MR) is 109 cm³/mol. The number of nitrogens with zero attached hydrogens (tertiary/aromatic N) is 1. The highest BCUT2D eigenvalue weighted by Gasteiger charge is 2.40. The number of nitrogens with one attached hydrogen (secondary N) is 1. The molecule has 1 fully saturated rings. The molecule has 28 heavy (non-hydrogen) atoms. The van der Waals surface area contributed by atoms with E-state index in [1.165, 1.54) is 0 Å². The molecule has 2 atom stereocenters. The van der Waals surface area contributed by atoms with Crippen molar-refractivity contribution < 1.29 is 14.7 Å². The summed E-state index contributed by atoms with van der Waals surface area (Å²) in [7, 11) is 0. The maximum atomic E-state index is 13.1. The van der Waals surface area contributed by atoms with Crippen LogP contribution in [0.2, 0.25) is 5.02 Å². The van der Waals surface area contributed by atoms with Gasteiger partial charge in [0.2, 0.25) is 5.91 Å². The molecule has 0 aliphatic carbocycles. The van der Waals surface area contributed by atoms with E-state index >= 15 is 0 Å². The minimum absolute atomic E-state index is 0.0156. The van der Waals surface area contributed by atoms with E-state index in [1.807, 2.05) is 44.2 Å². The fraction of sp³-hybridized carbons (Fsp3) is 0.364. The van der Waals surface area contributed by atoms with Crippen molar-refractivity contribution in [3.63, 3.8) is 0 Å². The van der Waals surface area contributed by atoms with Crippen molar-refractivity contribution in [2.24, 2.45) is 5.92 Å². The fourth-order valence-electron chi connectivity index (χ4n) is 4.22. The minimum atomic E-state index is -0.591. The van der Waals surface area contributed by atoms with Crippen LogP contribution >= 0.6 is 11.6 Å². The number of fused-ring (bicyclic) bond motifs is 1. The lowest BCUT2D eigenvalue weighted by Gasteiger charge is -2.18. The topological polar surface area (TPSA) is 69.6 Å². The lowest BCUT2D eigenvalue weighted by Crippen LogP contribution is -2.29. The maximum absolute atomic E-state index is 13.1. The van der Waals surface area contributed by atoms with Gasteiger partial charge in [-0.25, -0.2) is 0 Å². The molecular formula is C22H23ClN2O3. The summed E-state index contributed by atoms with van der Waals surface area (Å²) in [4.78, 5) is 27.0. The Balaban J connectivity index is 1.57. The van der Waals surface area contributed by atoms with Crippen molar-refractivity contribution in [1.82, 2.24) is 4.90 Å². The van der Waals surface area contributed by atoms with Gasteiger partial charge in [-0.15, -0.1) is 0 Å². The van der Waals surface area contributed by atoms with E-state index in [-0.39, 0.29) is 30.3 Å². The zero-order chi connectivity index (χ0) is 20.1. The molecule has 2 aromatic carbocycles. The first-order chi connectivity index (χ1) is 13.3. The first-order valence-electron chi connectivity index (χ1n) is 9.43. The van der Waals surface area contributed by atoms with Crippen LogP contribution in [0.1, 0.15) is 41.3 Å². The number of rotatable bonds is 3. The van der Waals surface area contributed by atoms with Crippen molar-refractivity contribution in [3.8, 4) is 0 Å².